The zero-order valence-corrected chi connectivity index (χ0v) is 23.7. The van der Waals surface area contributed by atoms with Gasteiger partial charge in [-0.2, -0.15) is 10.4 Å². The number of ether oxygens (including phenoxy) is 1. The molecule has 1 N–H and O–H groups in total. The second kappa shape index (κ2) is 10.7. The SMILES string of the molecule is CC(=O)N1C2CCCC1CN(c1nnc(-c3cnc(-c4ccc5cc(C#N)cnn45)cc3NC3CCOCC3)s1)C2. The summed E-state index contributed by atoms with van der Waals surface area (Å²) in [5.41, 5.74) is 4.84. The minimum absolute atomic E-state index is 0.170. The van der Waals surface area contributed by atoms with Gasteiger partial charge in [-0.3, -0.25) is 9.78 Å². The topological polar surface area (TPSA) is 125 Å². The van der Waals surface area contributed by atoms with Crippen molar-refractivity contribution in [3.05, 3.63) is 42.2 Å². The van der Waals surface area contributed by atoms with Crippen LogP contribution in [-0.4, -0.2) is 80.0 Å². The fourth-order valence-corrected chi connectivity index (χ4v) is 7.32. The molecule has 12 heteroatoms. The standard InChI is InChI=1S/C29H31N9O2S/c1-18(39)37-22-3-2-4-23(37)17-36(16-22)29-35-34-28(41-29)24-15-31-26(12-25(24)33-20-7-9-40-10-8-20)27-6-5-21-11-19(13-30)14-32-38(21)27/h5-6,11-12,14-15,20,22-23H,2-4,7-10,16-17H2,1H3,(H,31,33). The number of piperazine rings is 1. The fourth-order valence-electron chi connectivity index (χ4n) is 6.43. The second-order valence-electron chi connectivity index (χ2n) is 11.0. The van der Waals surface area contributed by atoms with Crippen molar-refractivity contribution in [2.75, 3.05) is 36.5 Å². The maximum atomic E-state index is 12.3. The molecule has 11 nitrogen and oxygen atoms in total. The number of anilines is 2. The van der Waals surface area contributed by atoms with Crippen molar-refractivity contribution in [1.82, 2.24) is 29.7 Å². The molecule has 4 aromatic rings. The van der Waals surface area contributed by atoms with Crippen molar-refractivity contribution >= 4 is 33.6 Å². The van der Waals surface area contributed by atoms with Crippen LogP contribution >= 0.6 is 11.3 Å². The number of nitrogens with one attached hydrogen (secondary N) is 1. The van der Waals surface area contributed by atoms with Gasteiger partial charge in [0.05, 0.1) is 34.2 Å². The zero-order valence-electron chi connectivity index (χ0n) is 22.9. The maximum absolute atomic E-state index is 12.3. The van der Waals surface area contributed by atoms with Crippen LogP contribution in [0, 0.1) is 11.3 Å². The Kier molecular flexibility index (Phi) is 6.76. The molecule has 0 aliphatic carbocycles. The molecule has 2 unspecified atom stereocenters. The molecule has 3 aliphatic heterocycles. The van der Waals surface area contributed by atoms with Gasteiger partial charge < -0.3 is 19.9 Å². The quantitative estimate of drug-likeness (QED) is 0.380. The van der Waals surface area contributed by atoms with Crippen molar-refractivity contribution in [2.24, 2.45) is 0 Å². The van der Waals surface area contributed by atoms with E-state index in [0.717, 1.165) is 90.3 Å². The molecule has 0 saturated carbocycles. The number of rotatable bonds is 5. The number of carbonyl (C=O) groups is 1. The Morgan fingerprint density at radius 3 is 2.66 bits per heavy atom. The predicted molar refractivity (Wildman–Crippen MR) is 156 cm³/mol. The summed E-state index contributed by atoms with van der Waals surface area (Å²) in [7, 11) is 0. The van der Waals surface area contributed by atoms with Gasteiger partial charge in [0.25, 0.3) is 0 Å². The number of hydrogen-bond acceptors (Lipinski definition) is 10. The van der Waals surface area contributed by atoms with Crippen LogP contribution in [0.4, 0.5) is 10.8 Å². The highest BCUT2D eigenvalue weighted by Crippen LogP contribution is 2.38. The Hall–Kier alpha value is -4.08. The number of nitrogens with zero attached hydrogens (tertiary/aromatic N) is 8. The number of piperidine rings is 1. The van der Waals surface area contributed by atoms with Gasteiger partial charge in [0, 0.05) is 63.2 Å². The summed E-state index contributed by atoms with van der Waals surface area (Å²) >= 11 is 1.57. The molecule has 0 spiro atoms. The molecule has 0 radical (unpaired) electrons. The van der Waals surface area contributed by atoms with Crippen LogP contribution in [0.5, 0.6) is 0 Å². The first-order valence-electron chi connectivity index (χ1n) is 14.2. The van der Waals surface area contributed by atoms with Crippen LogP contribution < -0.4 is 10.2 Å². The van der Waals surface area contributed by atoms with E-state index in [1.165, 1.54) is 6.42 Å². The summed E-state index contributed by atoms with van der Waals surface area (Å²) in [5.74, 6) is 0.170. The van der Waals surface area contributed by atoms with Crippen molar-refractivity contribution < 1.29 is 9.53 Å². The molecule has 41 heavy (non-hydrogen) atoms. The Balaban J connectivity index is 1.21. The molecular weight excluding hydrogens is 538 g/mol. The molecule has 7 rings (SSSR count). The average Bonchev–Trinajstić information content (AvgIpc) is 3.64. The van der Waals surface area contributed by atoms with Gasteiger partial charge in [-0.25, -0.2) is 4.52 Å². The molecule has 2 bridgehead atoms. The Labute approximate surface area is 241 Å². The van der Waals surface area contributed by atoms with E-state index in [-0.39, 0.29) is 24.0 Å². The summed E-state index contributed by atoms with van der Waals surface area (Å²) < 4.78 is 7.40. The van der Waals surface area contributed by atoms with Crippen LogP contribution in [0.15, 0.2) is 36.7 Å². The molecule has 4 aromatic heterocycles. The smallest absolute Gasteiger partial charge is 0.220 e. The average molecular weight is 570 g/mol. The summed E-state index contributed by atoms with van der Waals surface area (Å²) in [6.07, 6.45) is 8.52. The van der Waals surface area contributed by atoms with Crippen molar-refractivity contribution in [3.63, 3.8) is 0 Å². The predicted octanol–water partition coefficient (Wildman–Crippen LogP) is 3.97. The van der Waals surface area contributed by atoms with Crippen LogP contribution in [0.1, 0.15) is 44.6 Å². The van der Waals surface area contributed by atoms with E-state index < -0.39 is 0 Å². The third kappa shape index (κ3) is 4.89. The lowest BCUT2D eigenvalue weighted by atomic mass is 9.91. The molecule has 0 aromatic carbocycles. The third-order valence-corrected chi connectivity index (χ3v) is 9.40. The molecule has 7 heterocycles. The van der Waals surface area contributed by atoms with E-state index in [2.05, 4.69) is 42.5 Å². The van der Waals surface area contributed by atoms with Crippen molar-refractivity contribution in [3.8, 4) is 28.0 Å². The fraction of sp³-hybridized carbons (Fsp3) is 0.448. The van der Waals surface area contributed by atoms with E-state index >= 15 is 0 Å². The van der Waals surface area contributed by atoms with E-state index in [9.17, 15) is 10.1 Å². The highest BCUT2D eigenvalue weighted by Gasteiger charge is 2.39. The summed E-state index contributed by atoms with van der Waals surface area (Å²) in [6.45, 7) is 4.73. The second-order valence-corrected chi connectivity index (χ2v) is 12.0. The third-order valence-electron chi connectivity index (χ3n) is 8.38. The molecule has 210 valence electrons. The number of fused-ring (bicyclic) bond motifs is 3. The monoisotopic (exact) mass is 569 g/mol. The number of hydrogen-bond donors (Lipinski definition) is 1. The molecule has 1 amide bonds. The lowest BCUT2D eigenvalue weighted by Gasteiger charge is -2.49. The van der Waals surface area contributed by atoms with Crippen LogP contribution in [0.2, 0.25) is 0 Å². The minimum atomic E-state index is 0.170. The normalized spacial score (nSPS) is 21.2. The molecule has 3 aliphatic rings. The van der Waals surface area contributed by atoms with Gasteiger partial charge >= 0.3 is 0 Å². The van der Waals surface area contributed by atoms with Gasteiger partial charge in [-0.15, -0.1) is 10.2 Å². The number of carbonyl (C=O) groups excluding carboxylic acids is 1. The van der Waals surface area contributed by atoms with Gasteiger partial charge in [0.15, 0.2) is 5.01 Å². The van der Waals surface area contributed by atoms with Gasteiger partial charge in [0.1, 0.15) is 6.07 Å². The first-order valence-corrected chi connectivity index (χ1v) is 15.0. The minimum Gasteiger partial charge on any atom is -0.381 e. The van der Waals surface area contributed by atoms with E-state index in [1.54, 1.807) is 24.5 Å². The van der Waals surface area contributed by atoms with E-state index in [1.807, 2.05) is 28.9 Å². The van der Waals surface area contributed by atoms with Crippen molar-refractivity contribution in [2.45, 2.75) is 57.2 Å². The number of pyridine rings is 1. The number of amides is 1. The Morgan fingerprint density at radius 2 is 1.90 bits per heavy atom. The van der Waals surface area contributed by atoms with Crippen molar-refractivity contribution in [1.29, 1.82) is 5.26 Å². The first-order chi connectivity index (χ1) is 20.1. The highest BCUT2D eigenvalue weighted by molar-refractivity contribution is 7.18. The maximum Gasteiger partial charge on any atom is 0.220 e. The largest absolute Gasteiger partial charge is 0.381 e. The van der Waals surface area contributed by atoms with Gasteiger partial charge in [-0.05, 0) is 56.4 Å². The van der Waals surface area contributed by atoms with Crippen LogP contribution in [0.3, 0.4) is 0 Å². The molecule has 3 fully saturated rings. The summed E-state index contributed by atoms with van der Waals surface area (Å²) in [4.78, 5) is 21.5. The summed E-state index contributed by atoms with van der Waals surface area (Å²) in [5, 5.41) is 28.4. The highest BCUT2D eigenvalue weighted by atomic mass is 32.1. The van der Waals surface area contributed by atoms with E-state index in [0.29, 0.717) is 5.56 Å². The van der Waals surface area contributed by atoms with Crippen LogP contribution in [0.25, 0.3) is 27.5 Å². The number of nitriles is 1. The van der Waals surface area contributed by atoms with E-state index in [4.69, 9.17) is 9.72 Å². The number of aromatic nitrogens is 5. The van der Waals surface area contributed by atoms with Gasteiger partial charge in [0.2, 0.25) is 11.0 Å². The molecule has 3 saturated heterocycles. The lowest BCUT2D eigenvalue weighted by Crippen LogP contribution is -2.62. The first kappa shape index (κ1) is 25.9. The van der Waals surface area contributed by atoms with Crippen LogP contribution in [-0.2, 0) is 9.53 Å². The Morgan fingerprint density at radius 1 is 1.10 bits per heavy atom. The van der Waals surface area contributed by atoms with Gasteiger partial charge in [-0.1, -0.05) is 11.3 Å². The molecular formula is C29H31N9O2S. The Bertz CT molecular complexity index is 1620. The summed E-state index contributed by atoms with van der Waals surface area (Å²) in [6, 6.07) is 10.7. The molecule has 2 atom stereocenters. The zero-order chi connectivity index (χ0) is 27.9. The lowest BCUT2D eigenvalue weighted by molar-refractivity contribution is -0.136.